The van der Waals surface area contributed by atoms with Crippen LogP contribution in [0.2, 0.25) is 0 Å². The predicted octanol–water partition coefficient (Wildman–Crippen LogP) is 6.54. The molecule has 0 aliphatic heterocycles. The van der Waals surface area contributed by atoms with Crippen LogP contribution in [0.5, 0.6) is 0 Å². The molecule has 4 aromatic rings. The molecule has 154 valence electrons. The van der Waals surface area contributed by atoms with E-state index in [4.69, 9.17) is 0 Å². The summed E-state index contributed by atoms with van der Waals surface area (Å²) in [5.74, 6) is -0.156. The third-order valence-corrected chi connectivity index (χ3v) is 5.60. The number of pyridine rings is 1. The van der Waals surface area contributed by atoms with Gasteiger partial charge in [-0.3, -0.25) is 9.78 Å². The number of rotatable bonds is 6. The summed E-state index contributed by atoms with van der Waals surface area (Å²) < 4.78 is 0. The summed E-state index contributed by atoms with van der Waals surface area (Å²) in [6.45, 7) is 7.88. The highest BCUT2D eigenvalue weighted by Crippen LogP contribution is 2.29. The molecule has 0 unspecified atom stereocenters. The molecular formula is C25H22N4OS. The summed E-state index contributed by atoms with van der Waals surface area (Å²) in [5, 5.41) is 9.10. The Hall–Kier alpha value is -3.77. The number of carbonyl (C=O) groups is 1. The minimum atomic E-state index is -0.156. The Labute approximate surface area is 185 Å². The van der Waals surface area contributed by atoms with E-state index in [9.17, 15) is 4.79 Å². The van der Waals surface area contributed by atoms with Gasteiger partial charge in [0.25, 0.3) is 5.91 Å². The van der Waals surface area contributed by atoms with E-state index in [1.807, 2.05) is 73.8 Å². The van der Waals surface area contributed by atoms with Crippen LogP contribution in [0.15, 0.2) is 78.9 Å². The van der Waals surface area contributed by atoms with E-state index < -0.39 is 0 Å². The zero-order valence-corrected chi connectivity index (χ0v) is 18.2. The second kappa shape index (κ2) is 8.93. The number of aromatic nitrogens is 2. The lowest BCUT2D eigenvalue weighted by Crippen LogP contribution is -2.12. The van der Waals surface area contributed by atoms with Gasteiger partial charge in [-0.2, -0.15) is 0 Å². The number of amides is 1. The molecule has 0 aliphatic carbocycles. The van der Waals surface area contributed by atoms with Gasteiger partial charge in [0.1, 0.15) is 0 Å². The SMILES string of the molecule is C=C(C)c1ccc(C(=O)Nc2ccc(C)c(Nc3nc(-c4cccnc4)cs3)c2)cc1. The normalized spacial score (nSPS) is 10.5. The highest BCUT2D eigenvalue weighted by atomic mass is 32.1. The van der Waals surface area contributed by atoms with Gasteiger partial charge in [-0.25, -0.2) is 4.98 Å². The number of anilines is 3. The van der Waals surface area contributed by atoms with E-state index in [0.717, 1.165) is 38.8 Å². The molecule has 2 aromatic carbocycles. The topological polar surface area (TPSA) is 66.9 Å². The first kappa shape index (κ1) is 20.5. The van der Waals surface area contributed by atoms with Gasteiger partial charge in [0.2, 0.25) is 0 Å². The highest BCUT2D eigenvalue weighted by molar-refractivity contribution is 7.14. The van der Waals surface area contributed by atoms with Crippen molar-refractivity contribution >= 4 is 39.3 Å². The number of nitrogens with zero attached hydrogens (tertiary/aromatic N) is 2. The molecule has 4 rings (SSSR count). The molecule has 31 heavy (non-hydrogen) atoms. The molecule has 6 heteroatoms. The molecule has 0 aliphatic rings. The lowest BCUT2D eigenvalue weighted by Gasteiger charge is -2.11. The fraction of sp³-hybridized carbons (Fsp3) is 0.0800. The van der Waals surface area contributed by atoms with Crippen LogP contribution in [0.1, 0.15) is 28.4 Å². The maximum atomic E-state index is 12.6. The Kier molecular flexibility index (Phi) is 5.91. The van der Waals surface area contributed by atoms with Crippen LogP contribution in [-0.4, -0.2) is 15.9 Å². The second-order valence-electron chi connectivity index (χ2n) is 7.25. The summed E-state index contributed by atoms with van der Waals surface area (Å²) in [5.41, 5.74) is 7.10. The molecule has 2 heterocycles. The van der Waals surface area contributed by atoms with Crippen molar-refractivity contribution in [1.82, 2.24) is 9.97 Å². The van der Waals surface area contributed by atoms with Gasteiger partial charge in [0.15, 0.2) is 5.13 Å². The number of hydrogen-bond donors (Lipinski definition) is 2. The standard InChI is InChI=1S/C25H22N4OS/c1-16(2)18-7-9-19(10-8-18)24(30)27-21-11-6-17(3)22(13-21)28-25-29-23(15-31-25)20-5-4-12-26-14-20/h4-15H,1H2,2-3H3,(H,27,30)(H,28,29). The fourth-order valence-corrected chi connectivity index (χ4v) is 3.77. The van der Waals surface area contributed by atoms with Crippen molar-refractivity contribution in [2.45, 2.75) is 13.8 Å². The summed E-state index contributed by atoms with van der Waals surface area (Å²) in [6, 6.07) is 17.1. The van der Waals surface area contributed by atoms with Crippen molar-refractivity contribution in [3.05, 3.63) is 95.6 Å². The lowest BCUT2D eigenvalue weighted by atomic mass is 10.1. The molecule has 0 radical (unpaired) electrons. The van der Waals surface area contributed by atoms with Gasteiger partial charge in [0, 0.05) is 40.3 Å². The monoisotopic (exact) mass is 426 g/mol. The third kappa shape index (κ3) is 4.87. The van der Waals surface area contributed by atoms with Gasteiger partial charge < -0.3 is 10.6 Å². The Bertz CT molecular complexity index is 1230. The van der Waals surface area contributed by atoms with Crippen molar-refractivity contribution in [3.63, 3.8) is 0 Å². The lowest BCUT2D eigenvalue weighted by molar-refractivity contribution is 0.102. The minimum Gasteiger partial charge on any atom is -0.331 e. The zero-order chi connectivity index (χ0) is 21.8. The summed E-state index contributed by atoms with van der Waals surface area (Å²) >= 11 is 1.52. The first-order chi connectivity index (χ1) is 15.0. The largest absolute Gasteiger partial charge is 0.331 e. The van der Waals surface area contributed by atoms with Crippen LogP contribution >= 0.6 is 11.3 Å². The quantitative estimate of drug-likeness (QED) is 0.367. The maximum absolute atomic E-state index is 12.6. The van der Waals surface area contributed by atoms with E-state index in [-0.39, 0.29) is 5.91 Å². The average Bonchev–Trinajstić information content (AvgIpc) is 3.25. The number of benzene rings is 2. The smallest absolute Gasteiger partial charge is 0.255 e. The van der Waals surface area contributed by atoms with Gasteiger partial charge in [0.05, 0.1) is 5.69 Å². The Morgan fingerprint density at radius 3 is 2.55 bits per heavy atom. The predicted molar refractivity (Wildman–Crippen MR) is 129 cm³/mol. The molecule has 2 aromatic heterocycles. The first-order valence-corrected chi connectivity index (χ1v) is 10.7. The highest BCUT2D eigenvalue weighted by Gasteiger charge is 2.10. The molecule has 1 amide bonds. The number of aryl methyl sites for hydroxylation is 1. The molecule has 0 fully saturated rings. The van der Waals surface area contributed by atoms with Gasteiger partial charge in [-0.15, -0.1) is 11.3 Å². The van der Waals surface area contributed by atoms with Crippen molar-refractivity contribution in [1.29, 1.82) is 0 Å². The number of allylic oxidation sites excluding steroid dienone is 1. The molecule has 0 saturated carbocycles. The van der Waals surface area contributed by atoms with Crippen molar-refractivity contribution in [2.75, 3.05) is 10.6 Å². The Balaban J connectivity index is 1.49. The molecule has 0 saturated heterocycles. The van der Waals surface area contributed by atoms with Crippen LogP contribution < -0.4 is 10.6 Å². The van der Waals surface area contributed by atoms with E-state index in [1.165, 1.54) is 11.3 Å². The van der Waals surface area contributed by atoms with Gasteiger partial charge in [-0.1, -0.05) is 30.4 Å². The van der Waals surface area contributed by atoms with Crippen LogP contribution in [-0.2, 0) is 0 Å². The second-order valence-corrected chi connectivity index (χ2v) is 8.10. The van der Waals surface area contributed by atoms with Gasteiger partial charge in [-0.05, 0) is 61.4 Å². The fourth-order valence-electron chi connectivity index (χ4n) is 3.04. The molecule has 5 nitrogen and oxygen atoms in total. The van der Waals surface area contributed by atoms with Crippen LogP contribution in [0, 0.1) is 6.92 Å². The van der Waals surface area contributed by atoms with E-state index in [2.05, 4.69) is 27.2 Å². The first-order valence-electron chi connectivity index (χ1n) is 9.80. The summed E-state index contributed by atoms with van der Waals surface area (Å²) in [6.07, 6.45) is 3.54. The Morgan fingerprint density at radius 1 is 1.06 bits per heavy atom. The molecule has 2 N–H and O–H groups in total. The maximum Gasteiger partial charge on any atom is 0.255 e. The average molecular weight is 427 g/mol. The van der Waals surface area contributed by atoms with E-state index in [1.54, 1.807) is 12.4 Å². The minimum absolute atomic E-state index is 0.156. The zero-order valence-electron chi connectivity index (χ0n) is 17.3. The molecular weight excluding hydrogens is 404 g/mol. The Morgan fingerprint density at radius 2 is 1.84 bits per heavy atom. The molecule has 0 spiro atoms. The molecule has 0 atom stereocenters. The van der Waals surface area contributed by atoms with Crippen molar-refractivity contribution in [3.8, 4) is 11.3 Å². The number of hydrogen-bond acceptors (Lipinski definition) is 5. The van der Waals surface area contributed by atoms with Crippen LogP contribution in [0.25, 0.3) is 16.8 Å². The number of carbonyl (C=O) groups excluding carboxylic acids is 1. The number of nitrogens with one attached hydrogen (secondary N) is 2. The number of thiazole rings is 1. The van der Waals surface area contributed by atoms with E-state index in [0.29, 0.717) is 11.3 Å². The van der Waals surface area contributed by atoms with Crippen molar-refractivity contribution < 1.29 is 4.79 Å². The summed E-state index contributed by atoms with van der Waals surface area (Å²) in [7, 11) is 0. The molecule has 0 bridgehead atoms. The van der Waals surface area contributed by atoms with Gasteiger partial charge >= 0.3 is 0 Å². The summed E-state index contributed by atoms with van der Waals surface area (Å²) in [4.78, 5) is 21.4. The third-order valence-electron chi connectivity index (χ3n) is 4.84. The van der Waals surface area contributed by atoms with E-state index >= 15 is 0 Å². The van der Waals surface area contributed by atoms with Crippen LogP contribution in [0.4, 0.5) is 16.5 Å². The van der Waals surface area contributed by atoms with Crippen LogP contribution in [0.3, 0.4) is 0 Å². The van der Waals surface area contributed by atoms with Crippen molar-refractivity contribution in [2.24, 2.45) is 0 Å².